The molecule has 0 bridgehead atoms. The van der Waals surface area contributed by atoms with Crippen molar-refractivity contribution >= 4 is 26.8 Å². The van der Waals surface area contributed by atoms with Gasteiger partial charge in [-0.3, -0.25) is 9.71 Å². The third-order valence-corrected chi connectivity index (χ3v) is 5.21. The molecule has 6 nitrogen and oxygen atoms in total. The highest BCUT2D eigenvalue weighted by molar-refractivity contribution is 7.90. The standard InChI is InChI=1S/C15H19N3O3S/c1-2-13-7-6-12-4-3-5-14(15(12)16-13)17-22(19,20)18-8-10-21-11-9-18/h3-7,17H,2,8-11H2,1H3. The number of pyridine rings is 1. The minimum absolute atomic E-state index is 0.369. The molecule has 1 saturated heterocycles. The fraction of sp³-hybridized carbons (Fsp3) is 0.400. The van der Waals surface area contributed by atoms with Crippen LogP contribution in [-0.2, 0) is 21.4 Å². The number of benzene rings is 1. The summed E-state index contributed by atoms with van der Waals surface area (Å²) in [5, 5.41) is 0.916. The van der Waals surface area contributed by atoms with E-state index in [4.69, 9.17) is 4.74 Å². The summed E-state index contributed by atoms with van der Waals surface area (Å²) < 4.78 is 34.2. The Balaban J connectivity index is 1.95. The van der Waals surface area contributed by atoms with Crippen LogP contribution in [0.15, 0.2) is 30.3 Å². The van der Waals surface area contributed by atoms with E-state index in [-0.39, 0.29) is 0 Å². The maximum atomic E-state index is 12.5. The molecule has 7 heteroatoms. The van der Waals surface area contributed by atoms with Crippen molar-refractivity contribution < 1.29 is 13.2 Å². The van der Waals surface area contributed by atoms with Gasteiger partial charge in [-0.2, -0.15) is 12.7 Å². The van der Waals surface area contributed by atoms with Gasteiger partial charge in [0.1, 0.15) is 0 Å². The summed E-state index contributed by atoms with van der Waals surface area (Å²) in [6, 6.07) is 9.42. The molecule has 1 N–H and O–H groups in total. The molecule has 2 heterocycles. The van der Waals surface area contributed by atoms with Crippen LogP contribution in [0.3, 0.4) is 0 Å². The summed E-state index contributed by atoms with van der Waals surface area (Å²) in [5.41, 5.74) is 2.13. The molecule has 0 radical (unpaired) electrons. The SMILES string of the molecule is CCc1ccc2cccc(NS(=O)(=O)N3CCOCC3)c2n1. The number of fused-ring (bicyclic) bond motifs is 1. The molecule has 22 heavy (non-hydrogen) atoms. The zero-order chi connectivity index (χ0) is 15.6. The molecule has 1 aromatic heterocycles. The molecule has 1 aliphatic rings. The van der Waals surface area contributed by atoms with Crippen LogP contribution >= 0.6 is 0 Å². The average Bonchev–Trinajstić information content (AvgIpc) is 2.55. The van der Waals surface area contributed by atoms with E-state index in [2.05, 4.69) is 9.71 Å². The molecule has 1 fully saturated rings. The number of aromatic nitrogens is 1. The molecule has 0 saturated carbocycles. The molecular formula is C15H19N3O3S. The predicted molar refractivity (Wildman–Crippen MR) is 86.1 cm³/mol. The van der Waals surface area contributed by atoms with Crippen LogP contribution in [0.25, 0.3) is 10.9 Å². The molecule has 1 aromatic carbocycles. The number of nitrogens with zero attached hydrogens (tertiary/aromatic N) is 2. The Morgan fingerprint density at radius 3 is 2.73 bits per heavy atom. The molecule has 2 aromatic rings. The second-order valence-corrected chi connectivity index (χ2v) is 6.82. The fourth-order valence-corrected chi connectivity index (χ4v) is 3.66. The third-order valence-electron chi connectivity index (χ3n) is 3.69. The number of rotatable bonds is 4. The van der Waals surface area contributed by atoms with E-state index >= 15 is 0 Å². The first-order chi connectivity index (χ1) is 10.6. The monoisotopic (exact) mass is 321 g/mol. The van der Waals surface area contributed by atoms with Crippen LogP contribution in [0.5, 0.6) is 0 Å². The van der Waals surface area contributed by atoms with Crippen LogP contribution in [0, 0.1) is 0 Å². The van der Waals surface area contributed by atoms with Gasteiger partial charge >= 0.3 is 10.2 Å². The summed E-state index contributed by atoms with van der Waals surface area (Å²) >= 11 is 0. The van der Waals surface area contributed by atoms with Gasteiger partial charge in [0.15, 0.2) is 0 Å². The van der Waals surface area contributed by atoms with Gasteiger partial charge in [-0.05, 0) is 18.6 Å². The Kier molecular flexibility index (Phi) is 4.28. The number of hydrogen-bond donors (Lipinski definition) is 1. The third kappa shape index (κ3) is 3.06. The van der Waals surface area contributed by atoms with E-state index in [9.17, 15) is 8.42 Å². The highest BCUT2D eigenvalue weighted by Crippen LogP contribution is 2.24. The van der Waals surface area contributed by atoms with Crippen LogP contribution in [0.2, 0.25) is 0 Å². The Bertz CT molecular complexity index is 771. The number of aryl methyl sites for hydroxylation is 1. The van der Waals surface area contributed by atoms with E-state index in [1.807, 2.05) is 31.2 Å². The first-order valence-corrected chi connectivity index (χ1v) is 8.78. The summed E-state index contributed by atoms with van der Waals surface area (Å²) in [5.74, 6) is 0. The molecule has 118 valence electrons. The molecule has 0 atom stereocenters. The predicted octanol–water partition coefficient (Wildman–Crippen LogP) is 1.79. The number of morpholine rings is 1. The van der Waals surface area contributed by atoms with Gasteiger partial charge in [-0.15, -0.1) is 0 Å². The number of hydrogen-bond acceptors (Lipinski definition) is 4. The molecule has 1 aliphatic heterocycles. The molecule has 3 rings (SSSR count). The van der Waals surface area contributed by atoms with Crippen molar-refractivity contribution in [1.82, 2.24) is 9.29 Å². The average molecular weight is 321 g/mol. The summed E-state index contributed by atoms with van der Waals surface area (Å²) in [6.07, 6.45) is 0.806. The van der Waals surface area contributed by atoms with Crippen LogP contribution in [0.4, 0.5) is 5.69 Å². The van der Waals surface area contributed by atoms with Gasteiger partial charge in [-0.1, -0.05) is 25.1 Å². The van der Waals surface area contributed by atoms with E-state index < -0.39 is 10.2 Å². The smallest absolute Gasteiger partial charge is 0.301 e. The topological polar surface area (TPSA) is 71.5 Å². The molecule has 0 unspecified atom stereocenters. The molecular weight excluding hydrogens is 302 g/mol. The number of anilines is 1. The summed E-state index contributed by atoms with van der Waals surface area (Å²) in [4.78, 5) is 4.55. The maximum Gasteiger partial charge on any atom is 0.301 e. The van der Waals surface area contributed by atoms with Gasteiger partial charge < -0.3 is 4.74 Å². The highest BCUT2D eigenvalue weighted by atomic mass is 32.2. The van der Waals surface area contributed by atoms with E-state index in [0.29, 0.717) is 37.5 Å². The Morgan fingerprint density at radius 1 is 1.23 bits per heavy atom. The second kappa shape index (κ2) is 6.20. The lowest BCUT2D eigenvalue weighted by atomic mass is 10.1. The minimum Gasteiger partial charge on any atom is -0.379 e. The van der Waals surface area contributed by atoms with E-state index in [1.165, 1.54) is 4.31 Å². The van der Waals surface area contributed by atoms with Gasteiger partial charge in [0.05, 0.1) is 24.4 Å². The van der Waals surface area contributed by atoms with Gasteiger partial charge in [0.25, 0.3) is 0 Å². The van der Waals surface area contributed by atoms with Gasteiger partial charge in [0, 0.05) is 24.2 Å². The molecule has 0 aliphatic carbocycles. The largest absolute Gasteiger partial charge is 0.379 e. The lowest BCUT2D eigenvalue weighted by Crippen LogP contribution is -2.43. The van der Waals surface area contributed by atoms with Crippen molar-refractivity contribution in [2.45, 2.75) is 13.3 Å². The zero-order valence-electron chi connectivity index (χ0n) is 12.4. The second-order valence-electron chi connectivity index (χ2n) is 5.15. The van der Waals surface area contributed by atoms with Crippen LogP contribution < -0.4 is 4.72 Å². The first kappa shape index (κ1) is 15.2. The Labute approximate surface area is 130 Å². The highest BCUT2D eigenvalue weighted by Gasteiger charge is 2.24. The lowest BCUT2D eigenvalue weighted by Gasteiger charge is -2.26. The number of para-hydroxylation sites is 1. The van der Waals surface area contributed by atoms with Crippen molar-refractivity contribution in [2.24, 2.45) is 0 Å². The first-order valence-electron chi connectivity index (χ1n) is 7.34. The number of nitrogens with one attached hydrogen (secondary N) is 1. The fourth-order valence-electron chi connectivity index (χ4n) is 2.46. The summed E-state index contributed by atoms with van der Waals surface area (Å²) in [7, 11) is -3.58. The van der Waals surface area contributed by atoms with Crippen molar-refractivity contribution in [1.29, 1.82) is 0 Å². The van der Waals surface area contributed by atoms with Crippen molar-refractivity contribution in [3.63, 3.8) is 0 Å². The lowest BCUT2D eigenvalue weighted by molar-refractivity contribution is 0.0733. The Morgan fingerprint density at radius 2 is 2.00 bits per heavy atom. The maximum absolute atomic E-state index is 12.5. The van der Waals surface area contributed by atoms with E-state index in [1.54, 1.807) is 6.07 Å². The van der Waals surface area contributed by atoms with Gasteiger partial charge in [-0.25, -0.2) is 0 Å². The summed E-state index contributed by atoms with van der Waals surface area (Å²) in [6.45, 7) is 3.61. The quantitative estimate of drug-likeness (QED) is 0.932. The van der Waals surface area contributed by atoms with Crippen molar-refractivity contribution in [3.05, 3.63) is 36.0 Å². The Hall–Kier alpha value is -1.70. The zero-order valence-corrected chi connectivity index (χ0v) is 13.3. The number of ether oxygens (including phenoxy) is 1. The van der Waals surface area contributed by atoms with E-state index in [0.717, 1.165) is 17.5 Å². The molecule has 0 amide bonds. The minimum atomic E-state index is -3.58. The molecule has 0 spiro atoms. The van der Waals surface area contributed by atoms with Gasteiger partial charge in [0.2, 0.25) is 0 Å². The normalized spacial score (nSPS) is 16.8. The van der Waals surface area contributed by atoms with Crippen molar-refractivity contribution in [2.75, 3.05) is 31.0 Å². The van der Waals surface area contributed by atoms with Crippen LogP contribution in [-0.4, -0.2) is 44.0 Å². The van der Waals surface area contributed by atoms with Crippen LogP contribution in [0.1, 0.15) is 12.6 Å². The van der Waals surface area contributed by atoms with Crippen molar-refractivity contribution in [3.8, 4) is 0 Å².